The molecule has 1 amide bonds. The summed E-state index contributed by atoms with van der Waals surface area (Å²) >= 11 is 3.36. The van der Waals surface area contributed by atoms with Crippen LogP contribution in [0.5, 0.6) is 11.5 Å². The molecule has 0 aliphatic rings. The Hall–Kier alpha value is -2.01. The van der Waals surface area contributed by atoms with Crippen LogP contribution in [-0.4, -0.2) is 18.6 Å². The summed E-state index contributed by atoms with van der Waals surface area (Å²) in [6, 6.07) is 15.0. The first-order valence-corrected chi connectivity index (χ1v) is 8.30. The molecule has 1 atom stereocenters. The van der Waals surface area contributed by atoms with Gasteiger partial charge in [-0.3, -0.25) is 4.79 Å². The molecule has 2 aromatic carbocycles. The van der Waals surface area contributed by atoms with Gasteiger partial charge in [-0.05, 0) is 44.2 Å². The van der Waals surface area contributed by atoms with Crippen molar-refractivity contribution < 1.29 is 14.3 Å². The maximum absolute atomic E-state index is 12.2. The number of hydrogen-bond acceptors (Lipinski definition) is 3. The second kappa shape index (κ2) is 8.58. The van der Waals surface area contributed by atoms with E-state index in [1.54, 1.807) is 6.92 Å². The molecule has 1 N–H and O–H groups in total. The van der Waals surface area contributed by atoms with Crippen molar-refractivity contribution in [1.82, 2.24) is 5.32 Å². The summed E-state index contributed by atoms with van der Waals surface area (Å²) < 4.78 is 12.1. The van der Waals surface area contributed by atoms with Crippen LogP contribution in [0.1, 0.15) is 19.4 Å². The molecule has 0 fully saturated rings. The molecule has 0 aromatic heterocycles. The SMILES string of the molecule is CCOc1ccccc1CNC(=O)[C@@H](C)Oc1ccc(Br)cc1. The van der Waals surface area contributed by atoms with Gasteiger partial charge in [-0.1, -0.05) is 34.1 Å². The van der Waals surface area contributed by atoms with Crippen LogP contribution >= 0.6 is 15.9 Å². The number of para-hydroxylation sites is 1. The lowest BCUT2D eigenvalue weighted by molar-refractivity contribution is -0.127. The number of carbonyl (C=O) groups is 1. The van der Waals surface area contributed by atoms with Crippen molar-refractivity contribution in [1.29, 1.82) is 0 Å². The molecule has 122 valence electrons. The monoisotopic (exact) mass is 377 g/mol. The third kappa shape index (κ3) is 5.28. The first-order valence-electron chi connectivity index (χ1n) is 7.50. The number of hydrogen-bond donors (Lipinski definition) is 1. The predicted molar refractivity (Wildman–Crippen MR) is 93.7 cm³/mol. The molecule has 0 saturated heterocycles. The molecule has 0 aliphatic heterocycles. The van der Waals surface area contributed by atoms with Gasteiger partial charge in [0, 0.05) is 16.6 Å². The number of rotatable bonds is 7. The van der Waals surface area contributed by atoms with E-state index in [1.165, 1.54) is 0 Å². The van der Waals surface area contributed by atoms with E-state index in [4.69, 9.17) is 9.47 Å². The minimum absolute atomic E-state index is 0.167. The van der Waals surface area contributed by atoms with Gasteiger partial charge in [0.1, 0.15) is 11.5 Å². The van der Waals surface area contributed by atoms with Gasteiger partial charge in [0.25, 0.3) is 5.91 Å². The van der Waals surface area contributed by atoms with Gasteiger partial charge in [0.2, 0.25) is 0 Å². The Labute approximate surface area is 144 Å². The Morgan fingerprint density at radius 1 is 1.17 bits per heavy atom. The Bertz CT molecular complexity index is 643. The van der Waals surface area contributed by atoms with Crippen LogP contribution in [0.15, 0.2) is 53.0 Å². The lowest BCUT2D eigenvalue weighted by Gasteiger charge is -2.16. The molecule has 0 spiro atoms. The van der Waals surface area contributed by atoms with Crippen LogP contribution in [0.3, 0.4) is 0 Å². The van der Waals surface area contributed by atoms with Crippen molar-refractivity contribution in [3.05, 3.63) is 58.6 Å². The number of amides is 1. The van der Waals surface area contributed by atoms with Crippen molar-refractivity contribution in [2.45, 2.75) is 26.5 Å². The van der Waals surface area contributed by atoms with Crippen LogP contribution in [0, 0.1) is 0 Å². The summed E-state index contributed by atoms with van der Waals surface area (Å²) in [6.45, 7) is 4.66. The fraction of sp³-hybridized carbons (Fsp3) is 0.278. The van der Waals surface area contributed by atoms with Gasteiger partial charge in [-0.25, -0.2) is 0 Å². The van der Waals surface area contributed by atoms with Crippen molar-refractivity contribution in [2.24, 2.45) is 0 Å². The average Bonchev–Trinajstić information content (AvgIpc) is 2.56. The molecule has 4 nitrogen and oxygen atoms in total. The number of nitrogens with one attached hydrogen (secondary N) is 1. The van der Waals surface area contributed by atoms with Gasteiger partial charge in [-0.2, -0.15) is 0 Å². The Kier molecular flexibility index (Phi) is 6.47. The van der Waals surface area contributed by atoms with E-state index in [9.17, 15) is 4.79 Å². The summed E-state index contributed by atoms with van der Waals surface area (Å²) in [5.74, 6) is 1.28. The normalized spacial score (nSPS) is 11.6. The highest BCUT2D eigenvalue weighted by Gasteiger charge is 2.15. The molecule has 0 aliphatic carbocycles. The second-order valence-corrected chi connectivity index (χ2v) is 5.89. The molecule has 0 unspecified atom stereocenters. The van der Waals surface area contributed by atoms with Crippen LogP contribution in [0.2, 0.25) is 0 Å². The first kappa shape index (κ1) is 17.3. The molecule has 0 heterocycles. The number of carbonyl (C=O) groups excluding carboxylic acids is 1. The Morgan fingerprint density at radius 3 is 2.57 bits per heavy atom. The van der Waals surface area contributed by atoms with E-state index >= 15 is 0 Å². The highest BCUT2D eigenvalue weighted by atomic mass is 79.9. The number of ether oxygens (including phenoxy) is 2. The fourth-order valence-corrected chi connectivity index (χ4v) is 2.31. The quantitative estimate of drug-likeness (QED) is 0.794. The molecular formula is C18H20BrNO3. The summed E-state index contributed by atoms with van der Waals surface area (Å²) in [4.78, 5) is 12.2. The summed E-state index contributed by atoms with van der Waals surface area (Å²) in [7, 11) is 0. The van der Waals surface area contributed by atoms with Crippen molar-refractivity contribution in [2.75, 3.05) is 6.61 Å². The summed E-state index contributed by atoms with van der Waals surface area (Å²) in [5.41, 5.74) is 0.943. The molecule has 2 rings (SSSR count). The third-order valence-electron chi connectivity index (χ3n) is 3.22. The molecule has 2 aromatic rings. The maximum atomic E-state index is 12.2. The minimum atomic E-state index is -0.574. The second-order valence-electron chi connectivity index (χ2n) is 4.97. The van der Waals surface area contributed by atoms with E-state index in [-0.39, 0.29) is 5.91 Å². The van der Waals surface area contributed by atoms with Crippen molar-refractivity contribution in [3.63, 3.8) is 0 Å². The highest BCUT2D eigenvalue weighted by Crippen LogP contribution is 2.19. The zero-order chi connectivity index (χ0) is 16.7. The first-order chi connectivity index (χ1) is 11.1. The topological polar surface area (TPSA) is 47.6 Å². The molecule has 23 heavy (non-hydrogen) atoms. The van der Waals surface area contributed by atoms with Crippen molar-refractivity contribution in [3.8, 4) is 11.5 Å². The maximum Gasteiger partial charge on any atom is 0.261 e. The summed E-state index contributed by atoms with van der Waals surface area (Å²) in [6.07, 6.45) is -0.574. The smallest absolute Gasteiger partial charge is 0.261 e. The lowest BCUT2D eigenvalue weighted by atomic mass is 10.2. The molecular weight excluding hydrogens is 358 g/mol. The number of benzene rings is 2. The van der Waals surface area contributed by atoms with Crippen LogP contribution in [-0.2, 0) is 11.3 Å². The molecule has 5 heteroatoms. The van der Waals surface area contributed by atoms with E-state index in [0.717, 1.165) is 15.8 Å². The van der Waals surface area contributed by atoms with Gasteiger partial charge < -0.3 is 14.8 Å². The van der Waals surface area contributed by atoms with Crippen molar-refractivity contribution >= 4 is 21.8 Å². The summed E-state index contributed by atoms with van der Waals surface area (Å²) in [5, 5.41) is 2.88. The zero-order valence-electron chi connectivity index (χ0n) is 13.2. The van der Waals surface area contributed by atoms with Gasteiger partial charge in [0.15, 0.2) is 6.10 Å². The van der Waals surface area contributed by atoms with Gasteiger partial charge in [-0.15, -0.1) is 0 Å². The van der Waals surface area contributed by atoms with Crippen LogP contribution in [0.4, 0.5) is 0 Å². The average molecular weight is 378 g/mol. The predicted octanol–water partition coefficient (Wildman–Crippen LogP) is 3.93. The molecule has 0 radical (unpaired) electrons. The number of halogens is 1. The largest absolute Gasteiger partial charge is 0.494 e. The fourth-order valence-electron chi connectivity index (χ4n) is 2.04. The van der Waals surface area contributed by atoms with E-state index in [1.807, 2.05) is 55.5 Å². The lowest BCUT2D eigenvalue weighted by Crippen LogP contribution is -2.36. The van der Waals surface area contributed by atoms with E-state index < -0.39 is 6.10 Å². The molecule has 0 saturated carbocycles. The van der Waals surface area contributed by atoms with E-state index in [0.29, 0.717) is 18.9 Å². The van der Waals surface area contributed by atoms with Gasteiger partial charge >= 0.3 is 0 Å². The third-order valence-corrected chi connectivity index (χ3v) is 3.75. The Balaban J connectivity index is 1.90. The van der Waals surface area contributed by atoms with Crippen LogP contribution < -0.4 is 14.8 Å². The highest BCUT2D eigenvalue weighted by molar-refractivity contribution is 9.10. The zero-order valence-corrected chi connectivity index (χ0v) is 14.8. The minimum Gasteiger partial charge on any atom is -0.494 e. The van der Waals surface area contributed by atoms with E-state index in [2.05, 4.69) is 21.2 Å². The van der Waals surface area contributed by atoms with Gasteiger partial charge in [0.05, 0.1) is 6.61 Å². The Morgan fingerprint density at radius 2 is 1.87 bits per heavy atom. The molecule has 0 bridgehead atoms. The van der Waals surface area contributed by atoms with Crippen LogP contribution in [0.25, 0.3) is 0 Å². The standard InChI is InChI=1S/C18H20BrNO3/c1-3-22-17-7-5-4-6-14(17)12-20-18(21)13(2)23-16-10-8-15(19)9-11-16/h4-11,13H,3,12H2,1-2H3,(H,20,21)/t13-/m1/s1.